The maximum atomic E-state index is 12.1. The van der Waals surface area contributed by atoms with E-state index in [1.165, 1.54) is 0 Å². The van der Waals surface area contributed by atoms with Crippen molar-refractivity contribution in [3.05, 3.63) is 0 Å². The van der Waals surface area contributed by atoms with Crippen molar-refractivity contribution in [1.29, 1.82) is 0 Å². The zero-order valence-corrected chi connectivity index (χ0v) is 10.9. The maximum Gasteiger partial charge on any atom is 0.228 e. The van der Waals surface area contributed by atoms with Gasteiger partial charge in [0.25, 0.3) is 0 Å². The molecular formula is C12H24N2O3. The summed E-state index contributed by atoms with van der Waals surface area (Å²) in [5.41, 5.74) is 0. The number of carbonyl (C=O) groups excluding carboxylic acids is 1. The summed E-state index contributed by atoms with van der Waals surface area (Å²) >= 11 is 0. The van der Waals surface area contributed by atoms with Crippen molar-refractivity contribution in [2.24, 2.45) is 5.92 Å². The fraction of sp³-hybridized carbons (Fsp3) is 0.917. The van der Waals surface area contributed by atoms with Crippen LogP contribution in [0, 0.1) is 5.92 Å². The second-order valence-corrected chi connectivity index (χ2v) is 4.07. The molecule has 0 spiro atoms. The lowest BCUT2D eigenvalue weighted by Gasteiger charge is -2.32. The van der Waals surface area contributed by atoms with E-state index in [1.54, 1.807) is 0 Å². The largest absolute Gasteiger partial charge is 0.380 e. The van der Waals surface area contributed by atoms with Crippen LogP contribution in [0.3, 0.4) is 0 Å². The highest BCUT2D eigenvalue weighted by atomic mass is 16.5. The molecule has 1 amide bonds. The molecule has 5 nitrogen and oxygen atoms in total. The van der Waals surface area contributed by atoms with Crippen LogP contribution in [0.15, 0.2) is 0 Å². The lowest BCUT2D eigenvalue weighted by molar-refractivity contribution is -0.138. The molecule has 1 aliphatic heterocycles. The minimum atomic E-state index is 0.151. The monoisotopic (exact) mass is 244 g/mol. The van der Waals surface area contributed by atoms with Gasteiger partial charge in [0.15, 0.2) is 0 Å². The first-order valence-corrected chi connectivity index (χ1v) is 6.44. The quantitative estimate of drug-likeness (QED) is 0.585. The fourth-order valence-electron chi connectivity index (χ4n) is 1.69. The lowest BCUT2D eigenvalue weighted by atomic mass is 10.0. The Balaban J connectivity index is 2.30. The molecule has 0 atom stereocenters. The highest BCUT2D eigenvalue weighted by Crippen LogP contribution is 2.08. The predicted molar refractivity (Wildman–Crippen MR) is 65.9 cm³/mol. The van der Waals surface area contributed by atoms with Crippen molar-refractivity contribution in [1.82, 2.24) is 10.2 Å². The molecule has 5 heteroatoms. The number of carbonyl (C=O) groups is 1. The summed E-state index contributed by atoms with van der Waals surface area (Å²) in [4.78, 5) is 13.9. The molecule has 0 radical (unpaired) electrons. The molecule has 1 saturated heterocycles. The Bertz CT molecular complexity index is 210. The SMILES string of the molecule is CCOCCN(CCOCC)C(=O)C1CNC1. The number of ether oxygens (including phenoxy) is 2. The van der Waals surface area contributed by atoms with Gasteiger partial charge in [-0.2, -0.15) is 0 Å². The highest BCUT2D eigenvalue weighted by Gasteiger charge is 2.28. The average molecular weight is 244 g/mol. The third-order valence-electron chi connectivity index (χ3n) is 2.86. The fourth-order valence-corrected chi connectivity index (χ4v) is 1.69. The van der Waals surface area contributed by atoms with Gasteiger partial charge in [-0.05, 0) is 13.8 Å². The molecule has 0 aromatic carbocycles. The second-order valence-electron chi connectivity index (χ2n) is 4.07. The summed E-state index contributed by atoms with van der Waals surface area (Å²) in [5.74, 6) is 0.376. The Hall–Kier alpha value is -0.650. The van der Waals surface area contributed by atoms with E-state index in [-0.39, 0.29) is 11.8 Å². The molecule has 1 N–H and O–H groups in total. The van der Waals surface area contributed by atoms with Gasteiger partial charge >= 0.3 is 0 Å². The topological polar surface area (TPSA) is 50.8 Å². The molecular weight excluding hydrogens is 220 g/mol. The van der Waals surface area contributed by atoms with E-state index < -0.39 is 0 Å². The second kappa shape index (κ2) is 8.44. The Morgan fingerprint density at radius 2 is 1.71 bits per heavy atom. The number of hydrogen-bond acceptors (Lipinski definition) is 4. The van der Waals surface area contributed by atoms with Crippen molar-refractivity contribution in [3.8, 4) is 0 Å². The highest BCUT2D eigenvalue weighted by molar-refractivity contribution is 5.80. The molecule has 0 unspecified atom stereocenters. The van der Waals surface area contributed by atoms with Crippen LogP contribution in [-0.2, 0) is 14.3 Å². The zero-order chi connectivity index (χ0) is 12.5. The number of amides is 1. The van der Waals surface area contributed by atoms with Crippen molar-refractivity contribution >= 4 is 5.91 Å². The summed E-state index contributed by atoms with van der Waals surface area (Å²) in [7, 11) is 0. The number of nitrogens with zero attached hydrogens (tertiary/aromatic N) is 1. The predicted octanol–water partition coefficient (Wildman–Crippen LogP) is 0.107. The molecule has 0 aromatic rings. The van der Waals surface area contributed by atoms with Gasteiger partial charge in [0.2, 0.25) is 5.91 Å². The van der Waals surface area contributed by atoms with Crippen LogP contribution < -0.4 is 5.32 Å². The molecule has 1 fully saturated rings. The normalized spacial score (nSPS) is 15.6. The van der Waals surface area contributed by atoms with Crippen LogP contribution in [0.5, 0.6) is 0 Å². The molecule has 1 aliphatic rings. The van der Waals surface area contributed by atoms with E-state index in [0.29, 0.717) is 39.5 Å². The van der Waals surface area contributed by atoms with E-state index in [1.807, 2.05) is 18.7 Å². The summed E-state index contributed by atoms with van der Waals surface area (Å²) in [6.07, 6.45) is 0. The molecule has 1 heterocycles. The van der Waals surface area contributed by atoms with Gasteiger partial charge in [0.05, 0.1) is 19.1 Å². The molecule has 0 aliphatic carbocycles. The number of hydrogen-bond donors (Lipinski definition) is 1. The molecule has 100 valence electrons. The van der Waals surface area contributed by atoms with Gasteiger partial charge in [-0.1, -0.05) is 0 Å². The van der Waals surface area contributed by atoms with Crippen molar-refractivity contribution in [2.45, 2.75) is 13.8 Å². The van der Waals surface area contributed by atoms with E-state index >= 15 is 0 Å². The van der Waals surface area contributed by atoms with Gasteiger partial charge < -0.3 is 19.7 Å². The van der Waals surface area contributed by atoms with Gasteiger partial charge in [0.1, 0.15) is 0 Å². The van der Waals surface area contributed by atoms with Crippen LogP contribution >= 0.6 is 0 Å². The Kier molecular flexibility index (Phi) is 7.16. The standard InChI is InChI=1S/C12H24N2O3/c1-3-16-7-5-14(6-8-17-4-2)12(15)11-9-13-10-11/h11,13H,3-10H2,1-2H3. The Morgan fingerprint density at radius 3 is 2.06 bits per heavy atom. The molecule has 0 saturated carbocycles. The van der Waals surface area contributed by atoms with Crippen molar-refractivity contribution in [2.75, 3.05) is 52.6 Å². The maximum absolute atomic E-state index is 12.1. The molecule has 0 bridgehead atoms. The smallest absolute Gasteiger partial charge is 0.228 e. The first-order valence-electron chi connectivity index (χ1n) is 6.44. The van der Waals surface area contributed by atoms with Gasteiger partial charge in [-0.3, -0.25) is 4.79 Å². The third-order valence-corrected chi connectivity index (χ3v) is 2.86. The molecule has 17 heavy (non-hydrogen) atoms. The first-order chi connectivity index (χ1) is 8.29. The Morgan fingerprint density at radius 1 is 1.18 bits per heavy atom. The summed E-state index contributed by atoms with van der Waals surface area (Å²) in [6, 6.07) is 0. The van der Waals surface area contributed by atoms with Crippen LogP contribution in [-0.4, -0.2) is 63.4 Å². The molecule has 0 aromatic heterocycles. The first kappa shape index (κ1) is 14.4. The summed E-state index contributed by atoms with van der Waals surface area (Å²) in [6.45, 7) is 9.45. The minimum Gasteiger partial charge on any atom is -0.380 e. The summed E-state index contributed by atoms with van der Waals surface area (Å²) < 4.78 is 10.6. The number of rotatable bonds is 9. The van der Waals surface area contributed by atoms with Gasteiger partial charge in [0, 0.05) is 39.4 Å². The van der Waals surface area contributed by atoms with E-state index in [2.05, 4.69) is 5.32 Å². The average Bonchev–Trinajstić information content (AvgIpc) is 2.25. The molecule has 1 rings (SSSR count). The van der Waals surface area contributed by atoms with Crippen LogP contribution in [0.25, 0.3) is 0 Å². The van der Waals surface area contributed by atoms with E-state index in [0.717, 1.165) is 13.1 Å². The van der Waals surface area contributed by atoms with Crippen LogP contribution in [0.2, 0.25) is 0 Å². The number of nitrogens with one attached hydrogen (secondary N) is 1. The summed E-state index contributed by atoms with van der Waals surface area (Å²) in [5, 5.41) is 3.12. The van der Waals surface area contributed by atoms with Crippen molar-refractivity contribution < 1.29 is 14.3 Å². The van der Waals surface area contributed by atoms with E-state index in [4.69, 9.17) is 9.47 Å². The third kappa shape index (κ3) is 5.02. The van der Waals surface area contributed by atoms with Gasteiger partial charge in [-0.25, -0.2) is 0 Å². The van der Waals surface area contributed by atoms with Crippen molar-refractivity contribution in [3.63, 3.8) is 0 Å². The zero-order valence-electron chi connectivity index (χ0n) is 10.9. The van der Waals surface area contributed by atoms with E-state index in [9.17, 15) is 4.79 Å². The van der Waals surface area contributed by atoms with Gasteiger partial charge in [-0.15, -0.1) is 0 Å². The van der Waals surface area contributed by atoms with Crippen LogP contribution in [0.4, 0.5) is 0 Å². The van der Waals surface area contributed by atoms with Crippen LogP contribution in [0.1, 0.15) is 13.8 Å². The Labute approximate surface area is 103 Å². The minimum absolute atomic E-state index is 0.151. The lowest BCUT2D eigenvalue weighted by Crippen LogP contribution is -2.53.